The summed E-state index contributed by atoms with van der Waals surface area (Å²) >= 11 is 3.34. The van der Waals surface area contributed by atoms with E-state index in [1.807, 2.05) is 37.2 Å². The number of anilines is 2. The zero-order valence-corrected chi connectivity index (χ0v) is 14.4. The van der Waals surface area contributed by atoms with Crippen LogP contribution < -0.4 is 10.2 Å². The molecule has 0 radical (unpaired) electrons. The predicted octanol–water partition coefficient (Wildman–Crippen LogP) is 2.58. The lowest BCUT2D eigenvalue weighted by molar-refractivity contribution is 0.293. The summed E-state index contributed by atoms with van der Waals surface area (Å²) in [5.74, 6) is 2.59. The molecule has 0 aromatic carbocycles. The van der Waals surface area contributed by atoms with Crippen LogP contribution in [0.1, 0.15) is 12.2 Å². The van der Waals surface area contributed by atoms with Gasteiger partial charge in [-0.05, 0) is 40.5 Å². The van der Waals surface area contributed by atoms with Gasteiger partial charge in [-0.2, -0.15) is 4.98 Å². The Morgan fingerprint density at radius 1 is 1.41 bits per heavy atom. The topological polar surface area (TPSA) is 57.4 Å². The van der Waals surface area contributed by atoms with Crippen molar-refractivity contribution in [2.75, 3.05) is 37.4 Å². The summed E-state index contributed by atoms with van der Waals surface area (Å²) in [7, 11) is 3.88. The van der Waals surface area contributed by atoms with Gasteiger partial charge in [0.1, 0.15) is 11.6 Å². The Hall–Kier alpha value is -1.60. The Balaban J connectivity index is 1.55. The normalized spacial score (nSPS) is 18.6. The number of likely N-dealkylation sites (tertiary alicyclic amines) is 1. The number of halogens is 1. The molecule has 2 aromatic rings. The van der Waals surface area contributed by atoms with Crippen LogP contribution in [0.5, 0.6) is 0 Å². The molecule has 0 amide bonds. The number of rotatable bonds is 5. The first-order valence-corrected chi connectivity index (χ1v) is 8.13. The SMILES string of the molecule is CN(C)c1nccc(NC2CCN(Cc3ccc(Br)o3)C2)n1. The number of hydrogen-bond donors (Lipinski definition) is 1. The van der Waals surface area contributed by atoms with Crippen LogP contribution in [0.3, 0.4) is 0 Å². The molecular formula is C15H20BrN5O. The maximum atomic E-state index is 5.57. The minimum Gasteiger partial charge on any atom is -0.453 e. The van der Waals surface area contributed by atoms with Crippen molar-refractivity contribution >= 4 is 27.7 Å². The number of furan rings is 1. The minimum atomic E-state index is 0.406. The second-order valence-corrected chi connectivity index (χ2v) is 6.49. The molecular weight excluding hydrogens is 346 g/mol. The summed E-state index contributed by atoms with van der Waals surface area (Å²) in [6.45, 7) is 2.89. The Morgan fingerprint density at radius 2 is 2.27 bits per heavy atom. The first-order valence-electron chi connectivity index (χ1n) is 7.33. The maximum Gasteiger partial charge on any atom is 0.226 e. The molecule has 3 heterocycles. The standard InChI is InChI=1S/C15H20BrN5O/c1-20(2)15-17-7-5-14(19-15)18-11-6-8-21(9-11)10-12-3-4-13(16)22-12/h3-5,7,11H,6,8-10H2,1-2H3,(H,17,18,19). The average Bonchev–Trinajstić information content (AvgIpc) is 3.09. The van der Waals surface area contributed by atoms with Crippen molar-refractivity contribution in [1.82, 2.24) is 14.9 Å². The van der Waals surface area contributed by atoms with Crippen molar-refractivity contribution in [3.63, 3.8) is 0 Å². The fourth-order valence-electron chi connectivity index (χ4n) is 2.60. The van der Waals surface area contributed by atoms with Crippen LogP contribution >= 0.6 is 15.9 Å². The highest BCUT2D eigenvalue weighted by Gasteiger charge is 2.23. The minimum absolute atomic E-state index is 0.406. The summed E-state index contributed by atoms with van der Waals surface area (Å²) < 4.78 is 6.36. The lowest BCUT2D eigenvalue weighted by atomic mass is 10.2. The molecule has 0 spiro atoms. The van der Waals surface area contributed by atoms with Gasteiger partial charge in [0.25, 0.3) is 0 Å². The molecule has 1 aliphatic heterocycles. The summed E-state index contributed by atoms with van der Waals surface area (Å²) in [4.78, 5) is 13.0. The summed E-state index contributed by atoms with van der Waals surface area (Å²) in [6, 6.07) is 6.27. The molecule has 1 saturated heterocycles. The second kappa shape index (κ2) is 6.66. The highest BCUT2D eigenvalue weighted by atomic mass is 79.9. The van der Waals surface area contributed by atoms with Crippen molar-refractivity contribution < 1.29 is 4.42 Å². The molecule has 22 heavy (non-hydrogen) atoms. The van der Waals surface area contributed by atoms with E-state index in [4.69, 9.17) is 4.42 Å². The van der Waals surface area contributed by atoms with Gasteiger partial charge in [-0.25, -0.2) is 4.98 Å². The van der Waals surface area contributed by atoms with E-state index in [0.29, 0.717) is 6.04 Å². The van der Waals surface area contributed by atoms with E-state index < -0.39 is 0 Å². The number of hydrogen-bond acceptors (Lipinski definition) is 6. The van der Waals surface area contributed by atoms with Crippen LogP contribution in [0.2, 0.25) is 0 Å². The number of nitrogens with zero attached hydrogens (tertiary/aromatic N) is 4. The molecule has 1 unspecified atom stereocenters. The first-order chi connectivity index (χ1) is 10.6. The molecule has 118 valence electrons. The van der Waals surface area contributed by atoms with Crippen molar-refractivity contribution in [3.8, 4) is 0 Å². The molecule has 0 saturated carbocycles. The van der Waals surface area contributed by atoms with E-state index in [1.165, 1.54) is 0 Å². The van der Waals surface area contributed by atoms with Crippen molar-refractivity contribution in [1.29, 1.82) is 0 Å². The third-order valence-corrected chi connectivity index (χ3v) is 4.10. The van der Waals surface area contributed by atoms with Gasteiger partial charge in [-0.3, -0.25) is 4.90 Å². The van der Waals surface area contributed by atoms with Crippen LogP contribution in [-0.4, -0.2) is 48.1 Å². The Kier molecular flexibility index (Phi) is 4.63. The molecule has 1 atom stereocenters. The van der Waals surface area contributed by atoms with Gasteiger partial charge in [0.2, 0.25) is 5.95 Å². The number of aromatic nitrogens is 2. The van der Waals surface area contributed by atoms with E-state index in [2.05, 4.69) is 36.1 Å². The molecule has 6 nitrogen and oxygen atoms in total. The second-order valence-electron chi connectivity index (χ2n) is 5.71. The highest BCUT2D eigenvalue weighted by Crippen LogP contribution is 2.20. The van der Waals surface area contributed by atoms with Gasteiger partial charge >= 0.3 is 0 Å². The van der Waals surface area contributed by atoms with E-state index in [-0.39, 0.29) is 0 Å². The Morgan fingerprint density at radius 3 is 3.00 bits per heavy atom. The lowest BCUT2D eigenvalue weighted by Gasteiger charge is -2.17. The van der Waals surface area contributed by atoms with E-state index >= 15 is 0 Å². The molecule has 1 N–H and O–H groups in total. The quantitative estimate of drug-likeness (QED) is 0.878. The molecule has 1 fully saturated rings. The molecule has 7 heteroatoms. The molecule has 0 aliphatic carbocycles. The van der Waals surface area contributed by atoms with Crippen molar-refractivity contribution in [2.24, 2.45) is 0 Å². The first kappa shape index (κ1) is 15.3. The lowest BCUT2D eigenvalue weighted by Crippen LogP contribution is -2.26. The fraction of sp³-hybridized carbons (Fsp3) is 0.467. The third kappa shape index (κ3) is 3.78. The number of nitrogens with one attached hydrogen (secondary N) is 1. The van der Waals surface area contributed by atoms with Gasteiger partial charge in [0, 0.05) is 39.4 Å². The molecule has 3 rings (SSSR count). The van der Waals surface area contributed by atoms with E-state index in [9.17, 15) is 0 Å². The van der Waals surface area contributed by atoms with Crippen LogP contribution in [0, 0.1) is 0 Å². The van der Waals surface area contributed by atoms with Crippen molar-refractivity contribution in [3.05, 3.63) is 34.8 Å². The van der Waals surface area contributed by atoms with Crippen LogP contribution in [0.25, 0.3) is 0 Å². The average molecular weight is 366 g/mol. The Bertz CT molecular complexity index is 630. The zero-order chi connectivity index (χ0) is 15.5. The van der Waals surface area contributed by atoms with Crippen LogP contribution in [0.4, 0.5) is 11.8 Å². The Labute approximate surface area is 138 Å². The van der Waals surface area contributed by atoms with E-state index in [0.717, 1.165) is 48.3 Å². The maximum absolute atomic E-state index is 5.57. The van der Waals surface area contributed by atoms with Crippen molar-refractivity contribution in [2.45, 2.75) is 19.0 Å². The predicted molar refractivity (Wildman–Crippen MR) is 90.1 cm³/mol. The highest BCUT2D eigenvalue weighted by molar-refractivity contribution is 9.10. The largest absolute Gasteiger partial charge is 0.453 e. The van der Waals surface area contributed by atoms with Gasteiger partial charge in [-0.15, -0.1) is 0 Å². The van der Waals surface area contributed by atoms with Gasteiger partial charge in [0.15, 0.2) is 4.67 Å². The smallest absolute Gasteiger partial charge is 0.226 e. The molecule has 1 aliphatic rings. The van der Waals surface area contributed by atoms with Crippen LogP contribution in [0.15, 0.2) is 33.5 Å². The summed E-state index contributed by atoms with van der Waals surface area (Å²) in [5, 5.41) is 3.50. The fourth-order valence-corrected chi connectivity index (χ4v) is 2.94. The molecule has 0 bridgehead atoms. The van der Waals surface area contributed by atoms with Crippen LogP contribution in [-0.2, 0) is 6.54 Å². The molecule has 2 aromatic heterocycles. The van der Waals surface area contributed by atoms with Gasteiger partial charge in [-0.1, -0.05) is 0 Å². The monoisotopic (exact) mass is 365 g/mol. The summed E-state index contributed by atoms with van der Waals surface area (Å²) in [6.07, 6.45) is 2.89. The zero-order valence-electron chi connectivity index (χ0n) is 12.8. The van der Waals surface area contributed by atoms with Gasteiger partial charge in [0.05, 0.1) is 6.54 Å². The van der Waals surface area contributed by atoms with Gasteiger partial charge < -0.3 is 14.6 Å². The third-order valence-electron chi connectivity index (χ3n) is 3.68. The van der Waals surface area contributed by atoms with E-state index in [1.54, 1.807) is 6.20 Å². The summed E-state index contributed by atoms with van der Waals surface area (Å²) in [5.41, 5.74) is 0.